The third-order valence-electron chi connectivity index (χ3n) is 6.50. The second-order valence-electron chi connectivity index (χ2n) is 9.47. The Bertz CT molecular complexity index is 1010. The average Bonchev–Trinajstić information content (AvgIpc) is 3.42. The number of rotatable bonds is 18. The van der Waals surface area contributed by atoms with E-state index < -0.39 is 5.97 Å². The summed E-state index contributed by atoms with van der Waals surface area (Å²) in [4.78, 5) is 11.5. The molecule has 1 heterocycles. The molecule has 194 valence electrons. The molecule has 0 amide bonds. The Morgan fingerprint density at radius 2 is 1.56 bits per heavy atom. The van der Waals surface area contributed by atoms with Crippen LogP contribution in [0.15, 0.2) is 48.5 Å². The Hall–Kier alpha value is -3.22. The van der Waals surface area contributed by atoms with Crippen LogP contribution in [0.1, 0.15) is 90.4 Å². The molecule has 0 spiro atoms. The van der Waals surface area contributed by atoms with E-state index in [9.17, 15) is 9.90 Å². The van der Waals surface area contributed by atoms with Crippen LogP contribution in [-0.2, 0) is 4.79 Å². The first-order valence-corrected chi connectivity index (χ1v) is 13.5. The highest BCUT2D eigenvalue weighted by Crippen LogP contribution is 2.33. The predicted molar refractivity (Wildman–Crippen MR) is 143 cm³/mol. The summed E-state index contributed by atoms with van der Waals surface area (Å²) in [7, 11) is 0. The van der Waals surface area contributed by atoms with Crippen LogP contribution < -0.4 is 4.74 Å². The van der Waals surface area contributed by atoms with Crippen LogP contribution in [0.25, 0.3) is 22.5 Å². The van der Waals surface area contributed by atoms with Gasteiger partial charge >= 0.3 is 5.97 Å². The van der Waals surface area contributed by atoms with Gasteiger partial charge in [-0.05, 0) is 47.4 Å². The van der Waals surface area contributed by atoms with E-state index in [0.717, 1.165) is 36.0 Å². The number of H-pyrrole nitrogens is 1. The second kappa shape index (κ2) is 15.7. The molecule has 2 aromatic carbocycles. The van der Waals surface area contributed by atoms with E-state index >= 15 is 0 Å². The molecule has 1 aromatic heterocycles. The number of unbranched alkanes of at least 4 members (excludes halogenated alkanes) is 10. The average molecular weight is 493 g/mol. The molecular formula is C29H40N4O3. The number of carboxylic acid groups (broad SMARTS) is 1. The second-order valence-corrected chi connectivity index (χ2v) is 9.47. The number of benzene rings is 2. The number of aromatic nitrogens is 4. The molecule has 36 heavy (non-hydrogen) atoms. The number of aliphatic carboxylic acids is 1. The number of nitrogens with one attached hydrogen (secondary N) is 1. The van der Waals surface area contributed by atoms with Gasteiger partial charge in [-0.25, -0.2) is 0 Å². The zero-order chi connectivity index (χ0) is 25.4. The monoisotopic (exact) mass is 492 g/mol. The van der Waals surface area contributed by atoms with Gasteiger partial charge in [0.1, 0.15) is 11.9 Å². The van der Waals surface area contributed by atoms with E-state index in [2.05, 4.69) is 27.5 Å². The first-order chi connectivity index (χ1) is 17.7. The number of carbonyl (C=O) groups is 1. The van der Waals surface area contributed by atoms with Gasteiger partial charge in [0.2, 0.25) is 5.82 Å². The zero-order valence-corrected chi connectivity index (χ0v) is 21.5. The van der Waals surface area contributed by atoms with Crippen LogP contribution in [0.4, 0.5) is 0 Å². The largest absolute Gasteiger partial charge is 0.490 e. The molecular weight excluding hydrogens is 452 g/mol. The number of aromatic amines is 1. The maximum Gasteiger partial charge on any atom is 0.307 e. The fourth-order valence-corrected chi connectivity index (χ4v) is 4.55. The summed E-state index contributed by atoms with van der Waals surface area (Å²) in [6, 6.07) is 15.7. The van der Waals surface area contributed by atoms with E-state index in [-0.39, 0.29) is 12.5 Å². The van der Waals surface area contributed by atoms with E-state index in [4.69, 9.17) is 4.74 Å². The first kappa shape index (κ1) is 27.4. The van der Waals surface area contributed by atoms with Gasteiger partial charge in [0.05, 0.1) is 6.42 Å². The lowest BCUT2D eigenvalue weighted by atomic mass is 9.99. The quantitative estimate of drug-likeness (QED) is 0.179. The Balaban J connectivity index is 1.53. The third-order valence-corrected chi connectivity index (χ3v) is 6.50. The van der Waals surface area contributed by atoms with Crippen molar-refractivity contribution in [1.82, 2.24) is 20.6 Å². The van der Waals surface area contributed by atoms with Crippen molar-refractivity contribution in [3.63, 3.8) is 0 Å². The minimum absolute atomic E-state index is 0.0181. The molecule has 7 nitrogen and oxygen atoms in total. The standard InChI is InChI=1S/C29H40N4O3/c1-2-3-4-5-6-7-8-9-10-11-15-18-24(22-28(34)35)36-25-19-20-26(23-16-13-12-14-17-23)27(21-25)29-30-32-33-31-29/h12-14,16-17,19-21,24H,2-11,15,18,22H2,1H3,(H,34,35)(H,30,31,32,33). The van der Waals surface area contributed by atoms with Crippen molar-refractivity contribution in [2.75, 3.05) is 0 Å². The number of carboxylic acids is 1. The maximum absolute atomic E-state index is 11.5. The summed E-state index contributed by atoms with van der Waals surface area (Å²) in [6.45, 7) is 2.25. The normalized spacial score (nSPS) is 11.9. The van der Waals surface area contributed by atoms with Gasteiger partial charge in [-0.15, -0.1) is 10.2 Å². The number of tetrazole rings is 1. The molecule has 0 radical (unpaired) electrons. The SMILES string of the molecule is CCCCCCCCCCCCCC(CC(=O)O)Oc1ccc(-c2ccccc2)c(-c2nn[nH]n2)c1. The van der Waals surface area contributed by atoms with Crippen LogP contribution in [-0.4, -0.2) is 37.8 Å². The van der Waals surface area contributed by atoms with Crippen LogP contribution in [0.2, 0.25) is 0 Å². The highest BCUT2D eigenvalue weighted by Gasteiger charge is 2.18. The van der Waals surface area contributed by atoms with Gasteiger partial charge < -0.3 is 9.84 Å². The van der Waals surface area contributed by atoms with E-state index in [1.54, 1.807) is 0 Å². The molecule has 0 saturated carbocycles. The topological polar surface area (TPSA) is 101 Å². The van der Waals surface area contributed by atoms with E-state index in [1.165, 1.54) is 57.8 Å². The Morgan fingerprint density at radius 1 is 0.889 bits per heavy atom. The molecule has 0 saturated heterocycles. The Kier molecular flexibility index (Phi) is 11.9. The summed E-state index contributed by atoms with van der Waals surface area (Å²) >= 11 is 0. The third kappa shape index (κ3) is 9.44. The Labute approximate surface area is 214 Å². The minimum atomic E-state index is -0.845. The molecule has 3 rings (SSSR count). The molecule has 1 unspecified atom stereocenters. The molecule has 7 heteroatoms. The van der Waals surface area contributed by atoms with Crippen molar-refractivity contribution < 1.29 is 14.6 Å². The highest BCUT2D eigenvalue weighted by molar-refractivity contribution is 5.81. The summed E-state index contributed by atoms with van der Waals surface area (Å²) in [5.74, 6) is 0.241. The van der Waals surface area contributed by atoms with Crippen LogP contribution in [0, 0.1) is 0 Å². The molecule has 2 N–H and O–H groups in total. The van der Waals surface area contributed by atoms with Gasteiger partial charge in [-0.2, -0.15) is 5.21 Å². The van der Waals surface area contributed by atoms with Gasteiger partial charge in [0, 0.05) is 5.56 Å². The van der Waals surface area contributed by atoms with Crippen molar-refractivity contribution in [3.8, 4) is 28.3 Å². The lowest BCUT2D eigenvalue weighted by molar-refractivity contribution is -0.138. The van der Waals surface area contributed by atoms with Crippen molar-refractivity contribution in [2.45, 2.75) is 96.5 Å². The number of hydrogen-bond donors (Lipinski definition) is 2. The molecule has 0 aliphatic rings. The maximum atomic E-state index is 11.5. The summed E-state index contributed by atoms with van der Waals surface area (Å²) in [5.41, 5.74) is 2.78. The zero-order valence-electron chi connectivity index (χ0n) is 21.5. The summed E-state index contributed by atoms with van der Waals surface area (Å²) in [5, 5.41) is 23.9. The summed E-state index contributed by atoms with van der Waals surface area (Å²) in [6.07, 6.45) is 14.2. The fraction of sp³-hybridized carbons (Fsp3) is 0.517. The lowest BCUT2D eigenvalue weighted by Crippen LogP contribution is -2.20. The van der Waals surface area contributed by atoms with Gasteiger partial charge in [0.25, 0.3) is 0 Å². The van der Waals surface area contributed by atoms with Crippen LogP contribution >= 0.6 is 0 Å². The van der Waals surface area contributed by atoms with Crippen molar-refractivity contribution in [2.24, 2.45) is 0 Å². The molecule has 0 aliphatic carbocycles. The molecule has 3 aromatic rings. The van der Waals surface area contributed by atoms with Gasteiger partial charge in [-0.1, -0.05) is 101 Å². The van der Waals surface area contributed by atoms with Gasteiger partial charge in [-0.3, -0.25) is 4.79 Å². The minimum Gasteiger partial charge on any atom is -0.490 e. The summed E-state index contributed by atoms with van der Waals surface area (Å²) < 4.78 is 6.18. The van der Waals surface area contributed by atoms with Crippen molar-refractivity contribution >= 4 is 5.97 Å². The first-order valence-electron chi connectivity index (χ1n) is 13.5. The predicted octanol–water partition coefficient (Wildman–Crippen LogP) is 7.46. The molecule has 1 atom stereocenters. The van der Waals surface area contributed by atoms with E-state index in [1.807, 2.05) is 48.5 Å². The highest BCUT2D eigenvalue weighted by atomic mass is 16.5. The Morgan fingerprint density at radius 3 is 2.17 bits per heavy atom. The van der Waals surface area contributed by atoms with E-state index in [0.29, 0.717) is 11.6 Å². The smallest absolute Gasteiger partial charge is 0.307 e. The molecule has 0 aliphatic heterocycles. The number of ether oxygens (including phenoxy) is 1. The fourth-order valence-electron chi connectivity index (χ4n) is 4.55. The van der Waals surface area contributed by atoms with Crippen LogP contribution in [0.5, 0.6) is 5.75 Å². The molecule has 0 fully saturated rings. The van der Waals surface area contributed by atoms with Crippen molar-refractivity contribution in [3.05, 3.63) is 48.5 Å². The van der Waals surface area contributed by atoms with Gasteiger partial charge in [0.15, 0.2) is 0 Å². The number of nitrogens with zero attached hydrogens (tertiary/aromatic N) is 3. The van der Waals surface area contributed by atoms with Crippen LogP contribution in [0.3, 0.4) is 0 Å². The van der Waals surface area contributed by atoms with Crippen molar-refractivity contribution in [1.29, 1.82) is 0 Å². The number of hydrogen-bond acceptors (Lipinski definition) is 5. The molecule has 0 bridgehead atoms. The lowest BCUT2D eigenvalue weighted by Gasteiger charge is -2.19.